The van der Waals surface area contributed by atoms with E-state index in [0.29, 0.717) is 16.5 Å². The molecule has 0 saturated heterocycles. The SMILES string of the molecule is COc1cccc(NC(=O)[C@@H](Sc2cccc[n+]2[O-])c2ccccc2)c1. The predicted molar refractivity (Wildman–Crippen MR) is 102 cm³/mol. The summed E-state index contributed by atoms with van der Waals surface area (Å²) < 4.78 is 5.96. The molecule has 1 atom stereocenters. The molecule has 0 saturated carbocycles. The van der Waals surface area contributed by atoms with Crippen molar-refractivity contribution in [2.45, 2.75) is 10.3 Å². The molecule has 1 amide bonds. The molecule has 0 fully saturated rings. The number of ether oxygens (including phenoxy) is 1. The lowest BCUT2D eigenvalue weighted by Gasteiger charge is -2.16. The Morgan fingerprint density at radius 1 is 1.08 bits per heavy atom. The fraction of sp³-hybridized carbons (Fsp3) is 0.100. The van der Waals surface area contributed by atoms with Gasteiger partial charge < -0.3 is 15.3 Å². The molecule has 0 aliphatic rings. The molecule has 3 aromatic rings. The number of rotatable bonds is 6. The Hall–Kier alpha value is -2.99. The second kappa shape index (κ2) is 8.40. The number of carbonyl (C=O) groups is 1. The van der Waals surface area contributed by atoms with Crippen LogP contribution < -0.4 is 14.8 Å². The minimum absolute atomic E-state index is 0.210. The van der Waals surface area contributed by atoms with Crippen LogP contribution in [0, 0.1) is 5.21 Å². The van der Waals surface area contributed by atoms with E-state index in [-0.39, 0.29) is 5.91 Å². The molecular weight excluding hydrogens is 348 g/mol. The van der Waals surface area contributed by atoms with Crippen molar-refractivity contribution in [3.8, 4) is 5.75 Å². The molecule has 6 heteroatoms. The van der Waals surface area contributed by atoms with Crippen molar-refractivity contribution in [1.82, 2.24) is 0 Å². The normalized spacial score (nSPS) is 11.6. The predicted octanol–water partition coefficient (Wildman–Crippen LogP) is 3.80. The van der Waals surface area contributed by atoms with Crippen molar-refractivity contribution in [3.63, 3.8) is 0 Å². The van der Waals surface area contributed by atoms with Crippen LogP contribution in [0.3, 0.4) is 0 Å². The molecule has 0 spiro atoms. The highest BCUT2D eigenvalue weighted by Crippen LogP contribution is 2.34. The Kier molecular flexibility index (Phi) is 5.76. The molecule has 0 aliphatic heterocycles. The number of hydrogen-bond acceptors (Lipinski definition) is 4. The van der Waals surface area contributed by atoms with Crippen LogP contribution >= 0.6 is 11.8 Å². The molecule has 132 valence electrons. The van der Waals surface area contributed by atoms with Crippen LogP contribution in [0.15, 0.2) is 84.0 Å². The second-order valence-corrected chi connectivity index (χ2v) is 6.62. The first kappa shape index (κ1) is 17.8. The van der Waals surface area contributed by atoms with Crippen LogP contribution in [0.2, 0.25) is 0 Å². The van der Waals surface area contributed by atoms with E-state index in [1.54, 1.807) is 37.4 Å². The summed E-state index contributed by atoms with van der Waals surface area (Å²) in [5.41, 5.74) is 1.46. The van der Waals surface area contributed by atoms with Gasteiger partial charge in [-0.25, -0.2) is 0 Å². The Labute approximate surface area is 156 Å². The number of amides is 1. The van der Waals surface area contributed by atoms with Gasteiger partial charge in [0.25, 0.3) is 5.03 Å². The first-order chi connectivity index (χ1) is 12.7. The number of anilines is 1. The van der Waals surface area contributed by atoms with Gasteiger partial charge in [-0.2, -0.15) is 4.73 Å². The second-order valence-electron chi connectivity index (χ2n) is 5.49. The summed E-state index contributed by atoms with van der Waals surface area (Å²) in [6, 6.07) is 21.7. The van der Waals surface area contributed by atoms with Gasteiger partial charge in [0.05, 0.1) is 7.11 Å². The maximum Gasteiger partial charge on any atom is 0.252 e. The molecule has 0 bridgehead atoms. The van der Waals surface area contributed by atoms with E-state index in [1.807, 2.05) is 42.5 Å². The number of pyridine rings is 1. The summed E-state index contributed by atoms with van der Waals surface area (Å²) in [6.45, 7) is 0. The molecular formula is C20H18N2O3S. The third-order valence-corrected chi connectivity index (χ3v) is 4.98. The third-order valence-electron chi connectivity index (χ3n) is 3.70. The standard InChI is InChI=1S/C20H18N2O3S/c1-25-17-11-7-10-16(14-17)21-20(23)19(15-8-3-2-4-9-15)26-18-12-5-6-13-22(18)24/h2-14,19H,1H3,(H,21,23)/t19-/m0/s1. The lowest BCUT2D eigenvalue weighted by molar-refractivity contribution is -0.645. The Morgan fingerprint density at radius 3 is 2.58 bits per heavy atom. The first-order valence-electron chi connectivity index (χ1n) is 8.02. The number of carbonyl (C=O) groups excluding carboxylic acids is 1. The Balaban J connectivity index is 1.87. The quantitative estimate of drug-likeness (QED) is 0.409. The highest BCUT2D eigenvalue weighted by atomic mass is 32.2. The lowest BCUT2D eigenvalue weighted by Crippen LogP contribution is -2.29. The Morgan fingerprint density at radius 2 is 1.85 bits per heavy atom. The van der Waals surface area contributed by atoms with Gasteiger partial charge in [0.15, 0.2) is 6.20 Å². The maximum absolute atomic E-state index is 12.9. The van der Waals surface area contributed by atoms with Gasteiger partial charge in [-0.15, -0.1) is 0 Å². The van der Waals surface area contributed by atoms with E-state index >= 15 is 0 Å². The van der Waals surface area contributed by atoms with E-state index in [9.17, 15) is 10.0 Å². The van der Waals surface area contributed by atoms with Crippen LogP contribution in [0.5, 0.6) is 5.75 Å². The molecule has 0 unspecified atom stereocenters. The summed E-state index contributed by atoms with van der Waals surface area (Å²) in [7, 11) is 1.58. The summed E-state index contributed by atoms with van der Waals surface area (Å²) in [6.07, 6.45) is 1.42. The number of methoxy groups -OCH3 is 1. The van der Waals surface area contributed by atoms with E-state index in [1.165, 1.54) is 18.0 Å². The molecule has 0 radical (unpaired) electrons. The van der Waals surface area contributed by atoms with Crippen LogP contribution in [0.25, 0.3) is 0 Å². The zero-order valence-electron chi connectivity index (χ0n) is 14.2. The first-order valence-corrected chi connectivity index (χ1v) is 8.90. The smallest absolute Gasteiger partial charge is 0.252 e. The average Bonchev–Trinajstić information content (AvgIpc) is 2.68. The Bertz CT molecular complexity index is 887. The van der Waals surface area contributed by atoms with Gasteiger partial charge >= 0.3 is 0 Å². The zero-order valence-corrected chi connectivity index (χ0v) is 15.0. The van der Waals surface area contributed by atoms with E-state index in [2.05, 4.69) is 5.32 Å². The summed E-state index contributed by atoms with van der Waals surface area (Å²) in [5, 5.41) is 14.8. The van der Waals surface area contributed by atoms with E-state index < -0.39 is 5.25 Å². The van der Waals surface area contributed by atoms with Gasteiger partial charge in [0.2, 0.25) is 5.91 Å². The van der Waals surface area contributed by atoms with E-state index in [0.717, 1.165) is 10.3 Å². The molecule has 1 aromatic heterocycles. The van der Waals surface area contributed by atoms with Crippen molar-refractivity contribution < 1.29 is 14.3 Å². The van der Waals surface area contributed by atoms with Crippen LogP contribution in [-0.2, 0) is 4.79 Å². The number of benzene rings is 2. The largest absolute Gasteiger partial charge is 0.618 e. The molecule has 1 heterocycles. The highest BCUT2D eigenvalue weighted by molar-refractivity contribution is 8.00. The summed E-state index contributed by atoms with van der Waals surface area (Å²) >= 11 is 1.21. The third kappa shape index (κ3) is 4.34. The van der Waals surface area contributed by atoms with Crippen LogP contribution in [0.4, 0.5) is 5.69 Å². The molecule has 1 N–H and O–H groups in total. The number of nitrogens with zero attached hydrogens (tertiary/aromatic N) is 1. The number of thioether (sulfide) groups is 1. The monoisotopic (exact) mass is 366 g/mol. The maximum atomic E-state index is 12.9. The van der Waals surface area contributed by atoms with Gasteiger partial charge in [-0.3, -0.25) is 4.79 Å². The topological polar surface area (TPSA) is 65.3 Å². The zero-order chi connectivity index (χ0) is 18.4. The average molecular weight is 366 g/mol. The summed E-state index contributed by atoms with van der Waals surface area (Å²) in [5.74, 6) is 0.450. The minimum Gasteiger partial charge on any atom is -0.618 e. The van der Waals surface area contributed by atoms with Crippen LogP contribution in [-0.4, -0.2) is 13.0 Å². The molecule has 2 aromatic carbocycles. The fourth-order valence-corrected chi connectivity index (χ4v) is 3.46. The van der Waals surface area contributed by atoms with Gasteiger partial charge in [-0.1, -0.05) is 36.4 Å². The number of aromatic nitrogens is 1. The lowest BCUT2D eigenvalue weighted by atomic mass is 10.1. The van der Waals surface area contributed by atoms with Crippen molar-refractivity contribution in [3.05, 3.63) is 89.8 Å². The fourth-order valence-electron chi connectivity index (χ4n) is 2.43. The van der Waals surface area contributed by atoms with Crippen molar-refractivity contribution in [1.29, 1.82) is 0 Å². The molecule has 26 heavy (non-hydrogen) atoms. The molecule has 5 nitrogen and oxygen atoms in total. The number of hydrogen-bond donors (Lipinski definition) is 1. The van der Waals surface area contributed by atoms with Gasteiger partial charge in [-0.05, 0) is 35.5 Å². The highest BCUT2D eigenvalue weighted by Gasteiger charge is 2.25. The number of nitrogens with one attached hydrogen (secondary N) is 1. The van der Waals surface area contributed by atoms with Crippen molar-refractivity contribution in [2.75, 3.05) is 12.4 Å². The van der Waals surface area contributed by atoms with E-state index in [4.69, 9.17) is 4.74 Å². The molecule has 3 rings (SSSR count). The van der Waals surface area contributed by atoms with Gasteiger partial charge in [0.1, 0.15) is 11.0 Å². The van der Waals surface area contributed by atoms with Crippen molar-refractivity contribution >= 4 is 23.4 Å². The van der Waals surface area contributed by atoms with Crippen molar-refractivity contribution in [2.24, 2.45) is 0 Å². The van der Waals surface area contributed by atoms with Crippen LogP contribution in [0.1, 0.15) is 10.8 Å². The minimum atomic E-state index is -0.565. The molecule has 0 aliphatic carbocycles. The summed E-state index contributed by atoms with van der Waals surface area (Å²) in [4.78, 5) is 12.9. The van der Waals surface area contributed by atoms with Gasteiger partial charge in [0, 0.05) is 23.9 Å².